The van der Waals surface area contributed by atoms with Crippen LogP contribution in [0.4, 0.5) is 0 Å². The number of hydrogen-bond donors (Lipinski definition) is 0. The summed E-state index contributed by atoms with van der Waals surface area (Å²) in [5.74, 6) is 0.994. The normalized spacial score (nSPS) is 11.6. The standard InChI is InChI=1S/C44H27N5S/c1-4-14-28(15-5-1)35-27-36(30-24-25-38-34(26-30)32-20-10-12-22-37(32)49(38)31-18-8-3-9-19-31)46-42(45-35)43-47-41(29-16-6-2-7-17-29)40-33-21-11-13-23-39(33)50-44(40)48-43/h1-27H. The van der Waals surface area contributed by atoms with Gasteiger partial charge in [-0.25, -0.2) is 19.9 Å². The quantitative estimate of drug-likeness (QED) is 0.185. The molecular weight excluding hydrogens is 631 g/mol. The predicted octanol–water partition coefficient (Wildman–Crippen LogP) is 11.4. The highest BCUT2D eigenvalue weighted by Gasteiger charge is 2.20. The van der Waals surface area contributed by atoms with Crippen LogP contribution in [0.2, 0.25) is 0 Å². The lowest BCUT2D eigenvalue weighted by atomic mass is 10.0. The molecule has 0 amide bonds. The third-order valence-corrected chi connectivity index (χ3v) is 10.3. The summed E-state index contributed by atoms with van der Waals surface area (Å²) in [6.45, 7) is 0. The number of thiophene rings is 1. The fraction of sp³-hybridized carbons (Fsp3) is 0. The Labute approximate surface area is 291 Å². The van der Waals surface area contributed by atoms with Crippen molar-refractivity contribution in [1.29, 1.82) is 0 Å². The molecule has 0 radical (unpaired) electrons. The smallest absolute Gasteiger partial charge is 0.199 e. The van der Waals surface area contributed by atoms with Crippen molar-refractivity contribution in [2.75, 3.05) is 0 Å². The van der Waals surface area contributed by atoms with Crippen molar-refractivity contribution in [1.82, 2.24) is 24.5 Å². The van der Waals surface area contributed by atoms with Gasteiger partial charge in [0.15, 0.2) is 11.6 Å². The summed E-state index contributed by atoms with van der Waals surface area (Å²) in [6.07, 6.45) is 0. The number of para-hydroxylation sites is 2. The van der Waals surface area contributed by atoms with Crippen LogP contribution in [-0.4, -0.2) is 24.5 Å². The van der Waals surface area contributed by atoms with E-state index < -0.39 is 0 Å². The Hall–Kier alpha value is -6.50. The molecule has 0 spiro atoms. The Balaban J connectivity index is 1.21. The SMILES string of the molecule is c1ccc(-c2cc(-c3ccc4c(c3)c3ccccc3n4-c3ccccc3)nc(-c3nc(-c4ccccc4)c4c(n3)sc3ccccc34)n2)cc1. The molecule has 5 nitrogen and oxygen atoms in total. The summed E-state index contributed by atoms with van der Waals surface area (Å²) < 4.78 is 3.50. The van der Waals surface area contributed by atoms with Crippen molar-refractivity contribution in [3.05, 3.63) is 164 Å². The third-order valence-electron chi connectivity index (χ3n) is 9.26. The number of benzene rings is 6. The first-order valence-corrected chi connectivity index (χ1v) is 17.4. The van der Waals surface area contributed by atoms with Gasteiger partial charge >= 0.3 is 0 Å². The van der Waals surface area contributed by atoms with Gasteiger partial charge in [-0.2, -0.15) is 0 Å². The second kappa shape index (κ2) is 11.6. The average molecular weight is 658 g/mol. The van der Waals surface area contributed by atoms with Gasteiger partial charge < -0.3 is 4.57 Å². The molecule has 50 heavy (non-hydrogen) atoms. The topological polar surface area (TPSA) is 56.5 Å². The molecule has 4 heterocycles. The molecule has 0 bridgehead atoms. The molecule has 4 aromatic heterocycles. The van der Waals surface area contributed by atoms with E-state index in [0.717, 1.165) is 71.5 Å². The van der Waals surface area contributed by atoms with Crippen molar-refractivity contribution in [2.24, 2.45) is 0 Å². The third kappa shape index (κ3) is 4.69. The number of hydrogen-bond acceptors (Lipinski definition) is 5. The number of nitrogens with zero attached hydrogens (tertiary/aromatic N) is 5. The van der Waals surface area contributed by atoms with Gasteiger partial charge in [-0.15, -0.1) is 11.3 Å². The van der Waals surface area contributed by atoms with E-state index in [1.807, 2.05) is 36.4 Å². The van der Waals surface area contributed by atoms with Gasteiger partial charge in [0.05, 0.1) is 28.1 Å². The zero-order valence-corrected chi connectivity index (χ0v) is 27.5. The molecule has 10 aromatic rings. The molecule has 6 aromatic carbocycles. The zero-order chi connectivity index (χ0) is 33.0. The van der Waals surface area contributed by atoms with Crippen LogP contribution in [0, 0.1) is 0 Å². The van der Waals surface area contributed by atoms with Crippen molar-refractivity contribution in [2.45, 2.75) is 0 Å². The van der Waals surface area contributed by atoms with Crippen LogP contribution in [0.15, 0.2) is 164 Å². The minimum absolute atomic E-state index is 0.490. The molecular formula is C44H27N5S. The highest BCUT2D eigenvalue weighted by atomic mass is 32.1. The lowest BCUT2D eigenvalue weighted by Gasteiger charge is -2.11. The van der Waals surface area contributed by atoms with Crippen molar-refractivity contribution in [3.63, 3.8) is 0 Å². The highest BCUT2D eigenvalue weighted by molar-refractivity contribution is 7.25. The van der Waals surface area contributed by atoms with Crippen LogP contribution in [0.3, 0.4) is 0 Å². The Morgan fingerprint density at radius 1 is 0.420 bits per heavy atom. The Bertz CT molecular complexity index is 2860. The second-order valence-electron chi connectivity index (χ2n) is 12.3. The Kier molecular flexibility index (Phi) is 6.60. The van der Waals surface area contributed by atoms with E-state index in [1.54, 1.807) is 11.3 Å². The maximum Gasteiger partial charge on any atom is 0.199 e. The largest absolute Gasteiger partial charge is 0.309 e. The molecule has 0 fully saturated rings. The van der Waals surface area contributed by atoms with Crippen LogP contribution < -0.4 is 0 Å². The molecule has 0 aliphatic rings. The van der Waals surface area contributed by atoms with E-state index in [4.69, 9.17) is 19.9 Å². The van der Waals surface area contributed by atoms with Gasteiger partial charge in [-0.3, -0.25) is 0 Å². The predicted molar refractivity (Wildman–Crippen MR) is 207 cm³/mol. The first-order valence-electron chi connectivity index (χ1n) is 16.6. The monoisotopic (exact) mass is 657 g/mol. The van der Waals surface area contributed by atoms with Crippen LogP contribution >= 0.6 is 11.3 Å². The van der Waals surface area contributed by atoms with E-state index in [0.29, 0.717) is 11.6 Å². The van der Waals surface area contributed by atoms with Gasteiger partial charge in [0.2, 0.25) is 0 Å². The van der Waals surface area contributed by atoms with E-state index >= 15 is 0 Å². The fourth-order valence-electron chi connectivity index (χ4n) is 6.97. The zero-order valence-electron chi connectivity index (χ0n) is 26.7. The fourth-order valence-corrected chi connectivity index (χ4v) is 8.04. The first kappa shape index (κ1) is 28.5. The van der Waals surface area contributed by atoms with Gasteiger partial charge in [0, 0.05) is 48.6 Å². The molecule has 0 saturated carbocycles. The van der Waals surface area contributed by atoms with Gasteiger partial charge in [0.1, 0.15) is 4.83 Å². The van der Waals surface area contributed by atoms with Crippen LogP contribution in [0.5, 0.6) is 0 Å². The summed E-state index contributed by atoms with van der Waals surface area (Å²) >= 11 is 1.67. The molecule has 234 valence electrons. The maximum atomic E-state index is 5.23. The van der Waals surface area contributed by atoms with E-state index in [9.17, 15) is 0 Å². The number of fused-ring (bicyclic) bond motifs is 6. The summed E-state index contributed by atoms with van der Waals surface area (Å²) in [7, 11) is 0. The molecule has 0 aliphatic heterocycles. The minimum atomic E-state index is 0.490. The Morgan fingerprint density at radius 3 is 1.80 bits per heavy atom. The van der Waals surface area contributed by atoms with E-state index in [2.05, 4.69) is 132 Å². The molecule has 0 unspecified atom stereocenters. The molecule has 0 N–H and O–H groups in total. The van der Waals surface area contributed by atoms with Crippen molar-refractivity contribution in [3.8, 4) is 51.1 Å². The van der Waals surface area contributed by atoms with Crippen LogP contribution in [-0.2, 0) is 0 Å². The Morgan fingerprint density at radius 2 is 1.02 bits per heavy atom. The minimum Gasteiger partial charge on any atom is -0.309 e. The van der Waals surface area contributed by atoms with Gasteiger partial charge in [-0.1, -0.05) is 121 Å². The average Bonchev–Trinajstić information content (AvgIpc) is 3.74. The molecule has 6 heteroatoms. The highest BCUT2D eigenvalue weighted by Crippen LogP contribution is 2.40. The second-order valence-corrected chi connectivity index (χ2v) is 13.3. The lowest BCUT2D eigenvalue weighted by molar-refractivity contribution is 1.11. The van der Waals surface area contributed by atoms with Gasteiger partial charge in [0.25, 0.3) is 0 Å². The molecule has 0 atom stereocenters. The first-order chi connectivity index (χ1) is 24.8. The summed E-state index contributed by atoms with van der Waals surface area (Å²) in [5.41, 5.74) is 8.99. The number of aromatic nitrogens is 5. The van der Waals surface area contributed by atoms with Crippen molar-refractivity contribution < 1.29 is 0 Å². The van der Waals surface area contributed by atoms with Crippen molar-refractivity contribution >= 4 is 53.4 Å². The summed E-state index contributed by atoms with van der Waals surface area (Å²) in [5, 5.41) is 4.57. The molecule has 0 saturated heterocycles. The van der Waals surface area contributed by atoms with E-state index in [-0.39, 0.29) is 0 Å². The summed E-state index contributed by atoms with van der Waals surface area (Å²) in [4.78, 5) is 21.6. The van der Waals surface area contributed by atoms with Gasteiger partial charge in [-0.05, 0) is 42.5 Å². The summed E-state index contributed by atoms with van der Waals surface area (Å²) in [6, 6.07) is 56.8. The van der Waals surface area contributed by atoms with Crippen LogP contribution in [0.1, 0.15) is 0 Å². The molecule has 0 aliphatic carbocycles. The number of rotatable bonds is 5. The van der Waals surface area contributed by atoms with E-state index in [1.165, 1.54) is 10.1 Å². The van der Waals surface area contributed by atoms with Crippen LogP contribution in [0.25, 0.3) is 93.2 Å². The lowest BCUT2D eigenvalue weighted by Crippen LogP contribution is -2.01. The molecule has 10 rings (SSSR count). The maximum absolute atomic E-state index is 5.23.